The van der Waals surface area contributed by atoms with Gasteiger partial charge in [0.2, 0.25) is 10.0 Å². The SMILES string of the molecule is O=S(=O)(c1ccc(Cl)cc1)N1CC2CCCNC2C1. The fourth-order valence-corrected chi connectivity index (χ4v) is 4.61. The molecule has 2 aliphatic heterocycles. The normalized spacial score (nSPS) is 28.3. The fraction of sp³-hybridized carbons (Fsp3) is 0.538. The minimum absolute atomic E-state index is 0.316. The molecule has 2 saturated heterocycles. The Balaban J connectivity index is 1.83. The van der Waals surface area contributed by atoms with E-state index in [0.717, 1.165) is 19.4 Å². The lowest BCUT2D eigenvalue weighted by molar-refractivity contribution is 0.339. The van der Waals surface area contributed by atoms with Gasteiger partial charge in [0, 0.05) is 24.2 Å². The molecule has 0 bridgehead atoms. The molecule has 4 nitrogen and oxygen atoms in total. The van der Waals surface area contributed by atoms with E-state index in [1.165, 1.54) is 0 Å². The molecule has 2 fully saturated rings. The first-order valence-electron chi connectivity index (χ1n) is 6.56. The smallest absolute Gasteiger partial charge is 0.243 e. The van der Waals surface area contributed by atoms with Crippen molar-refractivity contribution in [2.75, 3.05) is 19.6 Å². The number of hydrogen-bond donors (Lipinski definition) is 1. The number of sulfonamides is 1. The van der Waals surface area contributed by atoms with Crippen LogP contribution in [0.15, 0.2) is 29.2 Å². The molecule has 104 valence electrons. The highest BCUT2D eigenvalue weighted by Gasteiger charge is 2.39. The van der Waals surface area contributed by atoms with Gasteiger partial charge in [-0.3, -0.25) is 0 Å². The first-order valence-corrected chi connectivity index (χ1v) is 8.38. The number of hydrogen-bond acceptors (Lipinski definition) is 3. The van der Waals surface area contributed by atoms with Gasteiger partial charge in [0.25, 0.3) is 0 Å². The van der Waals surface area contributed by atoms with E-state index in [1.54, 1.807) is 28.6 Å². The fourth-order valence-electron chi connectivity index (χ4n) is 2.96. The summed E-state index contributed by atoms with van der Waals surface area (Å²) in [6.07, 6.45) is 2.25. The van der Waals surface area contributed by atoms with Crippen LogP contribution < -0.4 is 5.32 Å². The zero-order valence-corrected chi connectivity index (χ0v) is 12.1. The number of nitrogens with one attached hydrogen (secondary N) is 1. The number of piperidine rings is 1. The van der Waals surface area contributed by atoms with Crippen molar-refractivity contribution in [3.8, 4) is 0 Å². The molecule has 0 aliphatic carbocycles. The van der Waals surface area contributed by atoms with Crippen molar-refractivity contribution in [3.05, 3.63) is 29.3 Å². The molecule has 0 spiro atoms. The van der Waals surface area contributed by atoms with Crippen LogP contribution in [0.1, 0.15) is 12.8 Å². The van der Waals surface area contributed by atoms with Gasteiger partial charge in [-0.1, -0.05) is 11.6 Å². The standard InChI is InChI=1S/C13H17ClN2O2S/c14-11-3-5-12(6-4-11)19(17,18)16-8-10-2-1-7-15-13(10)9-16/h3-6,10,13,15H,1-2,7-9H2. The van der Waals surface area contributed by atoms with Crippen LogP contribution in [0.2, 0.25) is 5.02 Å². The molecule has 1 N–H and O–H groups in total. The van der Waals surface area contributed by atoms with Gasteiger partial charge in [0.15, 0.2) is 0 Å². The average molecular weight is 301 g/mol. The van der Waals surface area contributed by atoms with Crippen molar-refractivity contribution >= 4 is 21.6 Å². The van der Waals surface area contributed by atoms with Crippen LogP contribution >= 0.6 is 11.6 Å². The zero-order chi connectivity index (χ0) is 13.5. The summed E-state index contributed by atoms with van der Waals surface area (Å²) >= 11 is 5.80. The van der Waals surface area contributed by atoms with Gasteiger partial charge < -0.3 is 5.32 Å². The summed E-state index contributed by atoms with van der Waals surface area (Å²) in [5, 5.41) is 3.97. The van der Waals surface area contributed by atoms with Crippen molar-refractivity contribution in [1.82, 2.24) is 9.62 Å². The van der Waals surface area contributed by atoms with Crippen LogP contribution in [0.5, 0.6) is 0 Å². The van der Waals surface area contributed by atoms with Crippen LogP contribution in [-0.2, 0) is 10.0 Å². The first-order chi connectivity index (χ1) is 9.07. The number of halogens is 1. The number of nitrogens with zero attached hydrogens (tertiary/aromatic N) is 1. The van der Waals surface area contributed by atoms with E-state index in [1.807, 2.05) is 0 Å². The minimum atomic E-state index is -3.38. The molecule has 1 aromatic carbocycles. The van der Waals surface area contributed by atoms with E-state index in [-0.39, 0.29) is 0 Å². The maximum Gasteiger partial charge on any atom is 0.243 e. The van der Waals surface area contributed by atoms with Crippen LogP contribution in [-0.4, -0.2) is 38.4 Å². The number of fused-ring (bicyclic) bond motifs is 1. The molecule has 3 rings (SSSR count). The second kappa shape index (κ2) is 5.05. The second-order valence-corrected chi connectivity index (χ2v) is 7.61. The summed E-state index contributed by atoms with van der Waals surface area (Å²) in [6, 6.07) is 6.71. The molecule has 0 amide bonds. The Morgan fingerprint density at radius 2 is 1.95 bits per heavy atom. The lowest BCUT2D eigenvalue weighted by Crippen LogP contribution is -2.41. The molecular formula is C13H17ClN2O2S. The molecule has 0 radical (unpaired) electrons. The third-order valence-electron chi connectivity index (χ3n) is 4.02. The number of benzene rings is 1. The third-order valence-corrected chi connectivity index (χ3v) is 6.11. The van der Waals surface area contributed by atoms with Gasteiger partial charge in [0.1, 0.15) is 0 Å². The summed E-state index contributed by atoms with van der Waals surface area (Å²) in [7, 11) is -3.38. The van der Waals surface area contributed by atoms with E-state index in [9.17, 15) is 8.42 Å². The second-order valence-electron chi connectivity index (χ2n) is 5.24. The Kier molecular flexibility index (Phi) is 3.55. The predicted octanol–water partition coefficient (Wildman–Crippen LogP) is 1.71. The molecule has 2 heterocycles. The van der Waals surface area contributed by atoms with E-state index in [4.69, 9.17) is 11.6 Å². The third kappa shape index (κ3) is 2.52. The maximum atomic E-state index is 12.5. The quantitative estimate of drug-likeness (QED) is 0.904. The summed E-state index contributed by atoms with van der Waals surface area (Å²) in [5.41, 5.74) is 0. The molecule has 0 saturated carbocycles. The van der Waals surface area contributed by atoms with Crippen molar-refractivity contribution in [2.24, 2.45) is 5.92 Å². The Morgan fingerprint density at radius 1 is 1.21 bits per heavy atom. The lowest BCUT2D eigenvalue weighted by Gasteiger charge is -2.24. The van der Waals surface area contributed by atoms with Gasteiger partial charge in [-0.05, 0) is 49.6 Å². The lowest BCUT2D eigenvalue weighted by atomic mass is 9.94. The van der Waals surface area contributed by atoms with Crippen molar-refractivity contribution in [3.63, 3.8) is 0 Å². The summed E-state index contributed by atoms with van der Waals surface area (Å²) in [6.45, 7) is 2.20. The highest BCUT2D eigenvalue weighted by molar-refractivity contribution is 7.89. The minimum Gasteiger partial charge on any atom is -0.312 e. The van der Waals surface area contributed by atoms with Crippen molar-refractivity contribution in [2.45, 2.75) is 23.8 Å². The Hall–Kier alpha value is -0.620. The van der Waals surface area contributed by atoms with Crippen molar-refractivity contribution in [1.29, 1.82) is 0 Å². The molecule has 1 aromatic rings. The highest BCUT2D eigenvalue weighted by atomic mass is 35.5. The predicted molar refractivity (Wildman–Crippen MR) is 74.7 cm³/mol. The Morgan fingerprint density at radius 3 is 2.63 bits per heavy atom. The Labute approximate surface area is 118 Å². The monoisotopic (exact) mass is 300 g/mol. The van der Waals surface area contributed by atoms with Gasteiger partial charge in [-0.15, -0.1) is 0 Å². The van der Waals surface area contributed by atoms with Crippen molar-refractivity contribution < 1.29 is 8.42 Å². The molecule has 19 heavy (non-hydrogen) atoms. The van der Waals surface area contributed by atoms with E-state index < -0.39 is 10.0 Å². The zero-order valence-electron chi connectivity index (χ0n) is 10.5. The van der Waals surface area contributed by atoms with Crippen LogP contribution in [0.4, 0.5) is 0 Å². The van der Waals surface area contributed by atoms with Crippen LogP contribution in [0.3, 0.4) is 0 Å². The largest absolute Gasteiger partial charge is 0.312 e. The Bertz CT molecular complexity index is 545. The highest BCUT2D eigenvalue weighted by Crippen LogP contribution is 2.29. The van der Waals surface area contributed by atoms with Gasteiger partial charge in [-0.25, -0.2) is 8.42 Å². The van der Waals surface area contributed by atoms with E-state index in [0.29, 0.717) is 35.0 Å². The number of rotatable bonds is 2. The molecular weight excluding hydrogens is 284 g/mol. The maximum absolute atomic E-state index is 12.5. The molecule has 2 atom stereocenters. The van der Waals surface area contributed by atoms with Crippen LogP contribution in [0.25, 0.3) is 0 Å². The topological polar surface area (TPSA) is 49.4 Å². The van der Waals surface area contributed by atoms with Gasteiger partial charge in [0.05, 0.1) is 4.90 Å². The van der Waals surface area contributed by atoms with Gasteiger partial charge in [-0.2, -0.15) is 4.31 Å². The summed E-state index contributed by atoms with van der Waals surface area (Å²) < 4.78 is 26.7. The van der Waals surface area contributed by atoms with E-state index in [2.05, 4.69) is 5.32 Å². The molecule has 6 heteroatoms. The first kappa shape index (κ1) is 13.4. The van der Waals surface area contributed by atoms with Gasteiger partial charge >= 0.3 is 0 Å². The van der Waals surface area contributed by atoms with E-state index >= 15 is 0 Å². The molecule has 2 unspecified atom stereocenters. The molecule has 2 aliphatic rings. The molecule has 0 aromatic heterocycles. The average Bonchev–Trinajstić information content (AvgIpc) is 2.83. The summed E-state index contributed by atoms with van der Waals surface area (Å²) in [5.74, 6) is 0.454. The van der Waals surface area contributed by atoms with Crippen LogP contribution in [0, 0.1) is 5.92 Å². The summed E-state index contributed by atoms with van der Waals surface area (Å²) in [4.78, 5) is 0.329.